The van der Waals surface area contributed by atoms with Crippen LogP contribution in [0.5, 0.6) is 5.75 Å². The molecule has 7 heteroatoms. The number of anilines is 2. The number of fused-ring (bicyclic) bond motifs is 1. The Morgan fingerprint density at radius 3 is 2.29 bits per heavy atom. The number of aromatic nitrogens is 2. The summed E-state index contributed by atoms with van der Waals surface area (Å²) in [6.07, 6.45) is 3.93. The number of phenolic OH excluding ortho intramolecular Hbond substituents is 1. The van der Waals surface area contributed by atoms with Gasteiger partial charge in [0.25, 0.3) is 5.56 Å². The number of amides is 2. The molecule has 0 radical (unpaired) electrons. The number of hydrogen-bond acceptors (Lipinski definition) is 4. The molecule has 2 amide bonds. The Hall–Kier alpha value is -4.39. The van der Waals surface area contributed by atoms with Crippen molar-refractivity contribution in [2.45, 2.75) is 52.5 Å². The first-order valence-electron chi connectivity index (χ1n) is 12.9. The van der Waals surface area contributed by atoms with Crippen molar-refractivity contribution in [3.8, 4) is 16.9 Å². The highest BCUT2D eigenvalue weighted by Crippen LogP contribution is 2.36. The molecule has 2 aromatic heterocycles. The maximum Gasteiger partial charge on any atom is 0.323 e. The third-order valence-corrected chi connectivity index (χ3v) is 6.56. The third-order valence-electron chi connectivity index (χ3n) is 6.56. The minimum Gasteiger partial charge on any atom is -0.508 e. The molecular weight excluding hydrogens is 476 g/mol. The summed E-state index contributed by atoms with van der Waals surface area (Å²) in [5, 5.41) is 16.8. The number of aryl methyl sites for hydroxylation is 1. The monoisotopic (exact) mass is 510 g/mol. The number of carbonyl (C=O) groups is 1. The molecule has 4 aromatic rings. The molecule has 7 nitrogen and oxygen atoms in total. The fraction of sp³-hybridized carbons (Fsp3) is 0.258. The normalized spacial score (nSPS) is 11.2. The first kappa shape index (κ1) is 26.7. The smallest absolute Gasteiger partial charge is 0.323 e. The Balaban J connectivity index is 1.90. The van der Waals surface area contributed by atoms with E-state index in [2.05, 4.69) is 49.9 Å². The summed E-state index contributed by atoms with van der Waals surface area (Å²) < 4.78 is 1.56. The van der Waals surface area contributed by atoms with Crippen LogP contribution in [0.1, 0.15) is 57.1 Å². The van der Waals surface area contributed by atoms with Crippen molar-refractivity contribution < 1.29 is 9.90 Å². The number of allylic oxidation sites excluding steroid dienone is 1. The largest absolute Gasteiger partial charge is 0.508 e. The van der Waals surface area contributed by atoms with Gasteiger partial charge in [0, 0.05) is 29.4 Å². The summed E-state index contributed by atoms with van der Waals surface area (Å²) in [4.78, 5) is 31.9. The van der Waals surface area contributed by atoms with Gasteiger partial charge in [-0.25, -0.2) is 9.78 Å². The maximum atomic E-state index is 13.9. The van der Waals surface area contributed by atoms with Gasteiger partial charge in [-0.05, 0) is 59.2 Å². The van der Waals surface area contributed by atoms with Gasteiger partial charge in [-0.1, -0.05) is 64.1 Å². The lowest BCUT2D eigenvalue weighted by molar-refractivity contribution is 0.262. The first-order valence-corrected chi connectivity index (χ1v) is 12.9. The highest BCUT2D eigenvalue weighted by molar-refractivity contribution is 6.07. The second kappa shape index (κ2) is 11.3. The van der Waals surface area contributed by atoms with Gasteiger partial charge in [0.05, 0.1) is 0 Å². The average Bonchev–Trinajstić information content (AvgIpc) is 2.88. The lowest BCUT2D eigenvalue weighted by Gasteiger charge is -2.21. The molecule has 0 aliphatic rings. The number of carbonyl (C=O) groups excluding carboxylic acids is 1. The Kier molecular flexibility index (Phi) is 7.96. The van der Waals surface area contributed by atoms with Crippen LogP contribution >= 0.6 is 0 Å². The fourth-order valence-electron chi connectivity index (χ4n) is 4.74. The van der Waals surface area contributed by atoms with Gasteiger partial charge >= 0.3 is 6.03 Å². The molecule has 0 saturated heterocycles. The number of para-hydroxylation sites is 1. The minimum atomic E-state index is -0.517. The highest BCUT2D eigenvalue weighted by Gasteiger charge is 2.22. The van der Waals surface area contributed by atoms with Crippen LogP contribution in [0.3, 0.4) is 0 Å². The van der Waals surface area contributed by atoms with Crippen molar-refractivity contribution in [3.63, 3.8) is 0 Å². The molecule has 0 fully saturated rings. The Bertz CT molecular complexity index is 1530. The van der Waals surface area contributed by atoms with Crippen molar-refractivity contribution >= 4 is 28.4 Å². The zero-order valence-corrected chi connectivity index (χ0v) is 22.3. The number of rotatable bonds is 8. The highest BCUT2D eigenvalue weighted by atomic mass is 16.3. The van der Waals surface area contributed by atoms with Crippen molar-refractivity contribution in [1.82, 2.24) is 9.55 Å². The van der Waals surface area contributed by atoms with Gasteiger partial charge in [-0.2, -0.15) is 0 Å². The molecule has 0 aliphatic heterocycles. The SMILES string of the molecule is C=CCCn1c(=O)c(NC(=O)Nc2c(C(C)C)cccc2C(C)C)c(-c2cccc(O)c2)c2cccnc21. The quantitative estimate of drug-likeness (QED) is 0.218. The van der Waals surface area contributed by atoms with E-state index >= 15 is 0 Å². The summed E-state index contributed by atoms with van der Waals surface area (Å²) in [5.74, 6) is 0.433. The van der Waals surface area contributed by atoms with E-state index in [9.17, 15) is 14.7 Å². The molecule has 2 aromatic carbocycles. The predicted octanol–water partition coefficient (Wildman–Crippen LogP) is 7.24. The molecule has 196 valence electrons. The molecule has 0 bridgehead atoms. The number of hydrogen-bond donors (Lipinski definition) is 3. The molecular formula is C31H34N4O3. The Morgan fingerprint density at radius 2 is 1.66 bits per heavy atom. The first-order chi connectivity index (χ1) is 18.2. The van der Waals surface area contributed by atoms with Gasteiger partial charge in [0.1, 0.15) is 17.1 Å². The summed E-state index contributed by atoms with van der Waals surface area (Å²) in [6.45, 7) is 12.5. The van der Waals surface area contributed by atoms with Crippen LogP contribution in [0.2, 0.25) is 0 Å². The van der Waals surface area contributed by atoms with Crippen molar-refractivity contribution in [3.05, 3.63) is 94.9 Å². The number of nitrogens with zero attached hydrogens (tertiary/aromatic N) is 2. The molecule has 0 unspecified atom stereocenters. The van der Waals surface area contributed by atoms with E-state index in [0.717, 1.165) is 16.8 Å². The number of nitrogens with one attached hydrogen (secondary N) is 2. The standard InChI is InChI=1S/C31H34N4O3/c1-6-7-17-35-29-25(15-10-16-32-29)26(21-11-8-12-22(36)18-21)28(30(35)37)34-31(38)33-27-23(19(2)3)13-9-14-24(27)20(4)5/h6,8-16,18-20,36H,1,7,17H2,2-5H3,(H2,33,34,38). The van der Waals surface area contributed by atoms with E-state index < -0.39 is 6.03 Å². The van der Waals surface area contributed by atoms with Crippen LogP contribution in [0.15, 0.2) is 78.2 Å². The van der Waals surface area contributed by atoms with E-state index in [1.54, 1.807) is 47.2 Å². The molecule has 0 aliphatic carbocycles. The molecule has 0 atom stereocenters. The Morgan fingerprint density at radius 1 is 1.00 bits per heavy atom. The molecule has 3 N–H and O–H groups in total. The van der Waals surface area contributed by atoms with Gasteiger partial charge in [0.2, 0.25) is 0 Å². The summed E-state index contributed by atoms with van der Waals surface area (Å²) in [5.41, 5.74) is 4.12. The van der Waals surface area contributed by atoms with E-state index in [1.165, 1.54) is 0 Å². The van der Waals surface area contributed by atoms with Crippen molar-refractivity contribution in [2.24, 2.45) is 0 Å². The van der Waals surface area contributed by atoms with Crippen LogP contribution in [-0.2, 0) is 6.54 Å². The number of pyridine rings is 2. The van der Waals surface area contributed by atoms with Crippen LogP contribution in [0.25, 0.3) is 22.2 Å². The van der Waals surface area contributed by atoms with Crippen LogP contribution in [-0.4, -0.2) is 20.7 Å². The van der Waals surface area contributed by atoms with Gasteiger partial charge < -0.3 is 15.7 Å². The van der Waals surface area contributed by atoms with E-state index in [0.29, 0.717) is 35.1 Å². The lowest BCUT2D eigenvalue weighted by atomic mass is 9.93. The second-order valence-corrected chi connectivity index (χ2v) is 9.91. The third kappa shape index (κ3) is 5.32. The van der Waals surface area contributed by atoms with Crippen LogP contribution in [0, 0.1) is 0 Å². The topological polar surface area (TPSA) is 96.2 Å². The number of aromatic hydroxyl groups is 1. The number of phenols is 1. The Labute approximate surface area is 222 Å². The zero-order chi connectivity index (χ0) is 27.4. The summed E-state index contributed by atoms with van der Waals surface area (Å²) in [7, 11) is 0. The molecule has 38 heavy (non-hydrogen) atoms. The van der Waals surface area contributed by atoms with Crippen LogP contribution in [0.4, 0.5) is 16.2 Å². The minimum absolute atomic E-state index is 0.0539. The second-order valence-electron chi connectivity index (χ2n) is 9.91. The average molecular weight is 511 g/mol. The van der Waals surface area contributed by atoms with Gasteiger partial charge in [-0.15, -0.1) is 6.58 Å². The fourth-order valence-corrected chi connectivity index (χ4v) is 4.74. The number of urea groups is 1. The molecule has 2 heterocycles. The predicted molar refractivity (Wildman–Crippen MR) is 155 cm³/mol. The summed E-state index contributed by atoms with van der Waals surface area (Å²) in [6, 6.07) is 15.8. The zero-order valence-electron chi connectivity index (χ0n) is 22.3. The van der Waals surface area contributed by atoms with Crippen molar-refractivity contribution in [1.29, 1.82) is 0 Å². The van der Waals surface area contributed by atoms with E-state index in [-0.39, 0.29) is 28.8 Å². The molecule has 0 saturated carbocycles. The van der Waals surface area contributed by atoms with Gasteiger partial charge in [0.15, 0.2) is 0 Å². The molecule has 4 rings (SSSR count). The lowest BCUT2D eigenvalue weighted by Crippen LogP contribution is -2.30. The van der Waals surface area contributed by atoms with Gasteiger partial charge in [-0.3, -0.25) is 9.36 Å². The van der Waals surface area contributed by atoms with Crippen LogP contribution < -0.4 is 16.2 Å². The maximum absolute atomic E-state index is 13.9. The summed E-state index contributed by atoms with van der Waals surface area (Å²) >= 11 is 0. The molecule has 0 spiro atoms. The van der Waals surface area contributed by atoms with E-state index in [1.807, 2.05) is 24.3 Å². The van der Waals surface area contributed by atoms with E-state index in [4.69, 9.17) is 0 Å². The number of benzene rings is 2. The van der Waals surface area contributed by atoms with Crippen molar-refractivity contribution in [2.75, 3.05) is 10.6 Å².